The van der Waals surface area contributed by atoms with E-state index in [1.807, 2.05) is 6.08 Å². The van der Waals surface area contributed by atoms with Crippen molar-refractivity contribution in [1.29, 1.82) is 0 Å². The summed E-state index contributed by atoms with van der Waals surface area (Å²) < 4.78 is 5.50. The highest BCUT2D eigenvalue weighted by atomic mass is 16.5. The van der Waals surface area contributed by atoms with Gasteiger partial charge in [0.2, 0.25) is 5.91 Å². The van der Waals surface area contributed by atoms with Crippen LogP contribution in [-0.4, -0.2) is 47.4 Å². The highest BCUT2D eigenvalue weighted by Crippen LogP contribution is 2.17. The van der Waals surface area contributed by atoms with Gasteiger partial charge in [0.05, 0.1) is 25.4 Å². The lowest BCUT2D eigenvalue weighted by molar-refractivity contribution is -0.143. The molecule has 1 amide bonds. The van der Waals surface area contributed by atoms with Crippen LogP contribution in [0.4, 0.5) is 0 Å². The molecule has 69 heavy (non-hydrogen) atoms. The molecule has 0 saturated heterocycles. The van der Waals surface area contributed by atoms with Gasteiger partial charge in [0.15, 0.2) is 0 Å². The largest absolute Gasteiger partial charge is 0.466 e. The van der Waals surface area contributed by atoms with E-state index in [0.717, 1.165) is 38.5 Å². The van der Waals surface area contributed by atoms with Gasteiger partial charge in [-0.25, -0.2) is 0 Å². The normalized spacial score (nSPS) is 12.7. The molecule has 408 valence electrons. The SMILES string of the molecule is CCCCCCCCCC/C=C/C(O)C(CO)NC(=O)CCCCCCCCCC/C=C\CCCCCCCCCCCCCCOC(=O)CCCCCCCCCCCCCCCCCCCC. The summed E-state index contributed by atoms with van der Waals surface area (Å²) in [5.74, 6) is -0.0571. The maximum atomic E-state index is 12.4. The predicted octanol–water partition coefficient (Wildman–Crippen LogP) is 19.4. The predicted molar refractivity (Wildman–Crippen MR) is 301 cm³/mol. The van der Waals surface area contributed by atoms with Crippen LogP contribution in [0.15, 0.2) is 24.3 Å². The van der Waals surface area contributed by atoms with Gasteiger partial charge in [-0.3, -0.25) is 9.59 Å². The standard InChI is InChI=1S/C63H121NO5/c1-3-5-7-9-11-13-15-16-17-18-28-31-34-37-41-45-49-53-57-63(68)69-58-54-50-46-42-38-35-32-29-26-24-22-20-19-21-23-25-27-30-33-36-40-44-48-52-56-62(67)64-60(59-65)61(66)55-51-47-43-39-14-12-10-8-6-4-2/h21,23,51,55,60-61,65-66H,3-20,22,24-50,52-54,56-59H2,1-2H3,(H,64,67)/b23-21-,55-51+. The molecule has 0 aliphatic heterocycles. The number of hydrogen-bond acceptors (Lipinski definition) is 5. The number of allylic oxidation sites excluding steroid dienone is 3. The Morgan fingerprint density at radius 2 is 0.681 bits per heavy atom. The molecule has 0 rings (SSSR count). The van der Waals surface area contributed by atoms with Crippen molar-refractivity contribution in [1.82, 2.24) is 5.32 Å². The van der Waals surface area contributed by atoms with Crippen LogP contribution in [0.2, 0.25) is 0 Å². The number of aliphatic hydroxyl groups excluding tert-OH is 2. The summed E-state index contributed by atoms with van der Waals surface area (Å²) in [7, 11) is 0. The van der Waals surface area contributed by atoms with Gasteiger partial charge in [0, 0.05) is 12.8 Å². The molecule has 0 aliphatic rings. The summed E-state index contributed by atoms with van der Waals surface area (Å²) in [6, 6.07) is -0.629. The van der Waals surface area contributed by atoms with E-state index in [4.69, 9.17) is 4.74 Å². The van der Waals surface area contributed by atoms with Gasteiger partial charge < -0.3 is 20.3 Å². The molecule has 0 aromatic heterocycles. The second-order valence-corrected chi connectivity index (χ2v) is 21.4. The maximum absolute atomic E-state index is 12.4. The van der Waals surface area contributed by atoms with E-state index in [2.05, 4.69) is 31.3 Å². The first-order chi connectivity index (χ1) is 34.0. The fourth-order valence-corrected chi connectivity index (χ4v) is 9.69. The van der Waals surface area contributed by atoms with Crippen molar-refractivity contribution < 1.29 is 24.5 Å². The quantitative estimate of drug-likeness (QED) is 0.0321. The van der Waals surface area contributed by atoms with Crippen molar-refractivity contribution in [2.24, 2.45) is 0 Å². The molecule has 3 N–H and O–H groups in total. The highest BCUT2D eigenvalue weighted by molar-refractivity contribution is 5.76. The van der Waals surface area contributed by atoms with Crippen LogP contribution in [-0.2, 0) is 14.3 Å². The molecule has 0 spiro atoms. The average molecular weight is 973 g/mol. The zero-order valence-corrected chi connectivity index (χ0v) is 46.6. The van der Waals surface area contributed by atoms with Crippen LogP contribution in [0.25, 0.3) is 0 Å². The Morgan fingerprint density at radius 1 is 0.391 bits per heavy atom. The highest BCUT2D eigenvalue weighted by Gasteiger charge is 2.18. The molecular formula is C63H121NO5. The lowest BCUT2D eigenvalue weighted by Crippen LogP contribution is -2.45. The Bertz CT molecular complexity index is 1080. The Kier molecular flexibility index (Phi) is 57.5. The first-order valence-electron chi connectivity index (χ1n) is 31.1. The minimum Gasteiger partial charge on any atom is -0.466 e. The first-order valence-corrected chi connectivity index (χ1v) is 31.1. The number of ether oxygens (including phenoxy) is 1. The van der Waals surface area contributed by atoms with Crippen molar-refractivity contribution in [3.05, 3.63) is 24.3 Å². The molecule has 2 atom stereocenters. The fourth-order valence-electron chi connectivity index (χ4n) is 9.69. The molecule has 0 bridgehead atoms. The van der Waals surface area contributed by atoms with Gasteiger partial charge in [0.25, 0.3) is 0 Å². The molecule has 0 radical (unpaired) electrons. The number of hydrogen-bond donors (Lipinski definition) is 3. The number of rotatable bonds is 58. The van der Waals surface area contributed by atoms with E-state index in [-0.39, 0.29) is 18.5 Å². The van der Waals surface area contributed by atoms with E-state index in [0.29, 0.717) is 19.4 Å². The molecule has 0 fully saturated rings. The molecule has 0 saturated carbocycles. The van der Waals surface area contributed by atoms with Gasteiger partial charge >= 0.3 is 5.97 Å². The monoisotopic (exact) mass is 972 g/mol. The van der Waals surface area contributed by atoms with Crippen molar-refractivity contribution in [2.45, 2.75) is 353 Å². The summed E-state index contributed by atoms with van der Waals surface area (Å²) in [6.45, 7) is 4.90. The number of amides is 1. The molecule has 0 heterocycles. The van der Waals surface area contributed by atoms with Crippen LogP contribution in [0.5, 0.6) is 0 Å². The second-order valence-electron chi connectivity index (χ2n) is 21.4. The number of carbonyl (C=O) groups is 2. The Labute approximate surface area is 431 Å². The van der Waals surface area contributed by atoms with E-state index in [9.17, 15) is 19.8 Å². The number of unbranched alkanes of at least 4 members (excludes halogenated alkanes) is 45. The number of carbonyl (C=O) groups excluding carboxylic acids is 2. The maximum Gasteiger partial charge on any atom is 0.305 e. The van der Waals surface area contributed by atoms with Crippen LogP contribution >= 0.6 is 0 Å². The summed E-state index contributed by atoms with van der Waals surface area (Å²) >= 11 is 0. The third kappa shape index (κ3) is 55.5. The van der Waals surface area contributed by atoms with Gasteiger partial charge in [0.1, 0.15) is 0 Å². The molecule has 0 aromatic rings. The third-order valence-electron chi connectivity index (χ3n) is 14.5. The molecule has 6 heteroatoms. The van der Waals surface area contributed by atoms with E-state index in [1.165, 1.54) is 276 Å². The van der Waals surface area contributed by atoms with E-state index >= 15 is 0 Å². The van der Waals surface area contributed by atoms with E-state index < -0.39 is 12.1 Å². The van der Waals surface area contributed by atoms with Gasteiger partial charge in [-0.15, -0.1) is 0 Å². The minimum atomic E-state index is -0.845. The average Bonchev–Trinajstić information content (AvgIpc) is 3.35. The molecular weight excluding hydrogens is 851 g/mol. The topological polar surface area (TPSA) is 95.9 Å². The fraction of sp³-hybridized carbons (Fsp3) is 0.905. The number of aliphatic hydroxyl groups is 2. The number of nitrogens with one attached hydrogen (secondary N) is 1. The van der Waals surface area contributed by atoms with Crippen LogP contribution in [0, 0.1) is 0 Å². The van der Waals surface area contributed by atoms with Crippen LogP contribution in [0.3, 0.4) is 0 Å². The first kappa shape index (κ1) is 67.3. The smallest absolute Gasteiger partial charge is 0.305 e. The lowest BCUT2D eigenvalue weighted by Gasteiger charge is -2.20. The summed E-state index contributed by atoms with van der Waals surface area (Å²) in [6.07, 6.45) is 72.3. The molecule has 6 nitrogen and oxygen atoms in total. The van der Waals surface area contributed by atoms with Gasteiger partial charge in [-0.05, 0) is 57.8 Å². The van der Waals surface area contributed by atoms with Crippen molar-refractivity contribution in [3.63, 3.8) is 0 Å². The molecule has 0 aromatic carbocycles. The van der Waals surface area contributed by atoms with Crippen LogP contribution in [0.1, 0.15) is 341 Å². The van der Waals surface area contributed by atoms with Gasteiger partial charge in [-0.2, -0.15) is 0 Å². The van der Waals surface area contributed by atoms with Crippen molar-refractivity contribution in [3.8, 4) is 0 Å². The summed E-state index contributed by atoms with van der Waals surface area (Å²) in [5.41, 5.74) is 0. The Hall–Kier alpha value is -1.66. The Balaban J connectivity index is 3.37. The van der Waals surface area contributed by atoms with E-state index in [1.54, 1.807) is 6.08 Å². The second kappa shape index (κ2) is 58.9. The minimum absolute atomic E-state index is 0.0166. The lowest BCUT2D eigenvalue weighted by atomic mass is 10.0. The summed E-state index contributed by atoms with van der Waals surface area (Å²) in [4.78, 5) is 24.5. The van der Waals surface area contributed by atoms with Crippen molar-refractivity contribution in [2.75, 3.05) is 13.2 Å². The Morgan fingerprint density at radius 3 is 1.03 bits per heavy atom. The molecule has 2 unspecified atom stereocenters. The van der Waals surface area contributed by atoms with Gasteiger partial charge in [-0.1, -0.05) is 295 Å². The number of esters is 1. The summed E-state index contributed by atoms with van der Waals surface area (Å²) in [5, 5.41) is 23.0. The molecule has 0 aliphatic carbocycles. The van der Waals surface area contributed by atoms with Crippen molar-refractivity contribution >= 4 is 11.9 Å². The zero-order chi connectivity index (χ0) is 50.0. The van der Waals surface area contributed by atoms with Crippen LogP contribution < -0.4 is 5.32 Å². The third-order valence-corrected chi connectivity index (χ3v) is 14.5. The zero-order valence-electron chi connectivity index (χ0n) is 46.6.